The topological polar surface area (TPSA) is 46.1 Å². The summed E-state index contributed by atoms with van der Waals surface area (Å²) in [5, 5.41) is 3.45. The molecule has 2 rings (SSSR count). The molecule has 1 saturated heterocycles. The van der Waals surface area contributed by atoms with Crippen LogP contribution < -0.4 is 10.1 Å². The van der Waals surface area contributed by atoms with Gasteiger partial charge in [0.2, 0.25) is 0 Å². The van der Waals surface area contributed by atoms with E-state index in [0.717, 1.165) is 56.5 Å². The molecule has 1 atom stereocenters. The third-order valence-electron chi connectivity index (χ3n) is 4.49. The molecule has 0 aliphatic carbocycles. The number of aliphatic imine (C=N–C) groups is 1. The van der Waals surface area contributed by atoms with E-state index < -0.39 is 0 Å². The van der Waals surface area contributed by atoms with Crippen molar-refractivity contribution < 1.29 is 9.47 Å². The lowest BCUT2D eigenvalue weighted by Gasteiger charge is -2.25. The Morgan fingerprint density at radius 1 is 1.40 bits per heavy atom. The molecule has 0 aromatic heterocycles. The van der Waals surface area contributed by atoms with E-state index >= 15 is 0 Å². The van der Waals surface area contributed by atoms with Crippen LogP contribution in [-0.2, 0) is 11.3 Å². The molecule has 1 aromatic carbocycles. The molecule has 0 bridgehead atoms. The predicted molar refractivity (Wildman–Crippen MR) is 103 cm³/mol. The van der Waals surface area contributed by atoms with Gasteiger partial charge >= 0.3 is 0 Å². The molecule has 0 radical (unpaired) electrons. The van der Waals surface area contributed by atoms with Gasteiger partial charge in [-0.1, -0.05) is 32.0 Å². The highest BCUT2D eigenvalue weighted by Crippen LogP contribution is 2.19. The van der Waals surface area contributed by atoms with Gasteiger partial charge in [-0.2, -0.15) is 0 Å². The number of hydrogen-bond donors (Lipinski definition) is 1. The number of para-hydroxylation sites is 1. The standard InChI is InChI=1S/C20H33N3O2/c1-16(2)9-12-25-19-8-6-5-7-18(19)13-22-20(21-3)23(4)14-17-10-11-24-15-17/h5-8,16-17H,9-15H2,1-4H3,(H,21,22). The van der Waals surface area contributed by atoms with Gasteiger partial charge in [-0.25, -0.2) is 0 Å². The maximum atomic E-state index is 5.97. The Kier molecular flexibility index (Phi) is 8.06. The minimum atomic E-state index is 0.593. The Bertz CT molecular complexity index is 539. The molecule has 1 aliphatic heterocycles. The maximum Gasteiger partial charge on any atom is 0.193 e. The first-order valence-electron chi connectivity index (χ1n) is 9.30. The maximum absolute atomic E-state index is 5.97. The van der Waals surface area contributed by atoms with Crippen molar-refractivity contribution in [2.45, 2.75) is 33.2 Å². The summed E-state index contributed by atoms with van der Waals surface area (Å²) >= 11 is 0. The summed E-state index contributed by atoms with van der Waals surface area (Å²) in [5.41, 5.74) is 1.16. The zero-order valence-corrected chi connectivity index (χ0v) is 16.1. The van der Waals surface area contributed by atoms with Gasteiger partial charge in [0.1, 0.15) is 5.75 Å². The lowest BCUT2D eigenvalue weighted by atomic mass is 10.1. The van der Waals surface area contributed by atoms with Crippen molar-refractivity contribution in [3.05, 3.63) is 29.8 Å². The van der Waals surface area contributed by atoms with E-state index in [9.17, 15) is 0 Å². The third kappa shape index (κ3) is 6.58. The molecule has 1 aliphatic rings. The fourth-order valence-corrected chi connectivity index (χ4v) is 2.96. The van der Waals surface area contributed by atoms with Gasteiger partial charge in [0.25, 0.3) is 0 Å². The van der Waals surface area contributed by atoms with Crippen molar-refractivity contribution in [1.29, 1.82) is 0 Å². The molecule has 1 N–H and O–H groups in total. The SMILES string of the molecule is CN=C(NCc1ccccc1OCCC(C)C)N(C)CC1CCOC1. The van der Waals surface area contributed by atoms with Gasteiger partial charge < -0.3 is 19.7 Å². The van der Waals surface area contributed by atoms with Crippen LogP contribution in [0.1, 0.15) is 32.3 Å². The van der Waals surface area contributed by atoms with Gasteiger partial charge in [-0.3, -0.25) is 4.99 Å². The summed E-state index contributed by atoms with van der Waals surface area (Å²) in [4.78, 5) is 6.59. The average Bonchev–Trinajstić information content (AvgIpc) is 3.09. The van der Waals surface area contributed by atoms with Crippen LogP contribution >= 0.6 is 0 Å². The summed E-state index contributed by atoms with van der Waals surface area (Å²) in [6.07, 6.45) is 2.20. The fourth-order valence-electron chi connectivity index (χ4n) is 2.96. The lowest BCUT2D eigenvalue weighted by molar-refractivity contribution is 0.181. The van der Waals surface area contributed by atoms with E-state index in [1.54, 1.807) is 0 Å². The number of guanidine groups is 1. The Hall–Kier alpha value is -1.75. The Morgan fingerprint density at radius 2 is 2.20 bits per heavy atom. The van der Waals surface area contributed by atoms with Crippen LogP contribution in [0.15, 0.2) is 29.3 Å². The molecule has 5 nitrogen and oxygen atoms in total. The van der Waals surface area contributed by atoms with Crippen molar-refractivity contribution in [2.24, 2.45) is 16.8 Å². The molecule has 5 heteroatoms. The molecule has 0 saturated carbocycles. The van der Waals surface area contributed by atoms with Gasteiger partial charge in [0, 0.05) is 45.3 Å². The van der Waals surface area contributed by atoms with Crippen LogP contribution in [0.5, 0.6) is 5.75 Å². The van der Waals surface area contributed by atoms with Gasteiger partial charge in [0.15, 0.2) is 5.96 Å². The number of nitrogens with one attached hydrogen (secondary N) is 1. The Labute approximate surface area is 152 Å². The van der Waals surface area contributed by atoms with Crippen LogP contribution in [0.4, 0.5) is 0 Å². The second-order valence-corrected chi connectivity index (χ2v) is 7.15. The van der Waals surface area contributed by atoms with Crippen LogP contribution in [0, 0.1) is 11.8 Å². The van der Waals surface area contributed by atoms with E-state index in [-0.39, 0.29) is 0 Å². The van der Waals surface area contributed by atoms with Gasteiger partial charge in [0.05, 0.1) is 13.2 Å². The molecule has 1 fully saturated rings. The number of hydrogen-bond acceptors (Lipinski definition) is 3. The van der Waals surface area contributed by atoms with E-state index in [2.05, 4.69) is 48.2 Å². The molecule has 1 aromatic rings. The zero-order valence-electron chi connectivity index (χ0n) is 16.1. The number of benzene rings is 1. The molecule has 0 amide bonds. The number of rotatable bonds is 8. The van der Waals surface area contributed by atoms with Gasteiger partial charge in [-0.15, -0.1) is 0 Å². The van der Waals surface area contributed by atoms with Crippen molar-refractivity contribution in [3.63, 3.8) is 0 Å². The van der Waals surface area contributed by atoms with Crippen molar-refractivity contribution in [1.82, 2.24) is 10.2 Å². The van der Waals surface area contributed by atoms with Crippen LogP contribution in [-0.4, -0.2) is 51.3 Å². The second-order valence-electron chi connectivity index (χ2n) is 7.15. The number of nitrogens with zero attached hydrogens (tertiary/aromatic N) is 2. The highest BCUT2D eigenvalue weighted by Gasteiger charge is 2.19. The minimum Gasteiger partial charge on any atom is -0.493 e. The summed E-state index contributed by atoms with van der Waals surface area (Å²) in [6, 6.07) is 8.22. The molecule has 1 unspecified atom stereocenters. The van der Waals surface area contributed by atoms with E-state index in [4.69, 9.17) is 9.47 Å². The van der Waals surface area contributed by atoms with E-state index in [0.29, 0.717) is 18.4 Å². The van der Waals surface area contributed by atoms with Crippen molar-refractivity contribution >= 4 is 5.96 Å². The quantitative estimate of drug-likeness (QED) is 0.580. The first kappa shape index (κ1) is 19.6. The van der Waals surface area contributed by atoms with Crippen LogP contribution in [0.25, 0.3) is 0 Å². The Balaban J connectivity index is 1.87. The summed E-state index contributed by atoms with van der Waals surface area (Å²) in [7, 11) is 3.91. The van der Waals surface area contributed by atoms with Crippen LogP contribution in [0.3, 0.4) is 0 Å². The largest absolute Gasteiger partial charge is 0.493 e. The second kappa shape index (κ2) is 10.3. The summed E-state index contributed by atoms with van der Waals surface area (Å²) in [5.74, 6) is 3.11. The normalized spacial score (nSPS) is 17.8. The minimum absolute atomic E-state index is 0.593. The molecule has 1 heterocycles. The summed E-state index contributed by atoms with van der Waals surface area (Å²) in [6.45, 7) is 8.59. The number of ether oxygens (including phenoxy) is 2. The first-order valence-corrected chi connectivity index (χ1v) is 9.30. The Morgan fingerprint density at radius 3 is 2.88 bits per heavy atom. The molecular weight excluding hydrogens is 314 g/mol. The zero-order chi connectivity index (χ0) is 18.1. The molecule has 0 spiro atoms. The average molecular weight is 348 g/mol. The molecule has 25 heavy (non-hydrogen) atoms. The third-order valence-corrected chi connectivity index (χ3v) is 4.49. The molecular formula is C20H33N3O2. The van der Waals surface area contributed by atoms with E-state index in [1.165, 1.54) is 0 Å². The fraction of sp³-hybridized carbons (Fsp3) is 0.650. The summed E-state index contributed by atoms with van der Waals surface area (Å²) < 4.78 is 11.4. The molecule has 140 valence electrons. The monoisotopic (exact) mass is 347 g/mol. The van der Waals surface area contributed by atoms with Crippen LogP contribution in [0.2, 0.25) is 0 Å². The van der Waals surface area contributed by atoms with Crippen molar-refractivity contribution in [3.8, 4) is 5.75 Å². The highest BCUT2D eigenvalue weighted by atomic mass is 16.5. The highest BCUT2D eigenvalue weighted by molar-refractivity contribution is 5.79. The predicted octanol–water partition coefficient (Wildman–Crippen LogP) is 3.16. The smallest absolute Gasteiger partial charge is 0.193 e. The van der Waals surface area contributed by atoms with Gasteiger partial charge in [-0.05, 0) is 24.8 Å². The van der Waals surface area contributed by atoms with E-state index in [1.807, 2.05) is 19.2 Å². The first-order chi connectivity index (χ1) is 12.1. The van der Waals surface area contributed by atoms with Crippen molar-refractivity contribution in [2.75, 3.05) is 40.5 Å². The lowest BCUT2D eigenvalue weighted by Crippen LogP contribution is -2.41.